The standard InChI is InChI=1S/C30H21BN2O.Pt/c1-20-14-15-32-30(16-20)34-24-7-5-6-22(17-24)23-11-12-26-25-8-3-4-9-27(25)31(28(26)18-23)29-13-10-21(2)19-33-29;/h3-16,19H,1-2H3;/q-2;+2. The number of aryl methyl sites for hydroxylation is 2. The minimum Gasteiger partial charge on any atom is -0.460 e. The van der Waals surface area contributed by atoms with E-state index < -0.39 is 0 Å². The van der Waals surface area contributed by atoms with Gasteiger partial charge in [0.25, 0.3) is 0 Å². The first-order valence-corrected chi connectivity index (χ1v) is 11.4. The summed E-state index contributed by atoms with van der Waals surface area (Å²) in [5.41, 5.74) is 10.1. The number of hydrogen-bond donors (Lipinski definition) is 0. The van der Waals surface area contributed by atoms with E-state index in [0.29, 0.717) is 11.6 Å². The molecule has 1 aliphatic rings. The van der Waals surface area contributed by atoms with Crippen LogP contribution in [0.3, 0.4) is 0 Å². The van der Waals surface area contributed by atoms with Crippen LogP contribution in [0.4, 0.5) is 0 Å². The first kappa shape index (κ1) is 23.3. The van der Waals surface area contributed by atoms with Crippen LogP contribution < -0.4 is 21.3 Å². The van der Waals surface area contributed by atoms with Gasteiger partial charge >= 0.3 is 21.1 Å². The zero-order valence-corrected chi connectivity index (χ0v) is 21.6. The molecule has 5 aromatic rings. The Hall–Kier alpha value is -3.49. The van der Waals surface area contributed by atoms with Crippen LogP contribution >= 0.6 is 0 Å². The van der Waals surface area contributed by atoms with Gasteiger partial charge in [0.1, 0.15) is 0 Å². The second-order valence-corrected chi connectivity index (χ2v) is 8.68. The molecule has 0 bridgehead atoms. The molecule has 6 rings (SSSR count). The molecule has 0 saturated carbocycles. The number of hydrogen-bond acceptors (Lipinski definition) is 3. The molecule has 170 valence electrons. The van der Waals surface area contributed by atoms with Crippen molar-refractivity contribution in [3.05, 3.63) is 115 Å². The van der Waals surface area contributed by atoms with Crippen LogP contribution in [0.5, 0.6) is 11.6 Å². The summed E-state index contributed by atoms with van der Waals surface area (Å²) >= 11 is 0. The smallest absolute Gasteiger partial charge is 0.460 e. The molecule has 0 unspecified atom stereocenters. The molecule has 0 fully saturated rings. The van der Waals surface area contributed by atoms with Gasteiger partial charge in [-0.15, -0.1) is 23.8 Å². The average molecular weight is 631 g/mol. The van der Waals surface area contributed by atoms with Gasteiger partial charge in [-0.2, -0.15) is 29.7 Å². The number of fused-ring (bicyclic) bond motifs is 3. The van der Waals surface area contributed by atoms with Crippen LogP contribution in [-0.2, 0) is 21.1 Å². The number of nitrogens with zero attached hydrogens (tertiary/aromatic N) is 2. The van der Waals surface area contributed by atoms with Gasteiger partial charge in [-0.05, 0) is 37.1 Å². The Labute approximate surface area is 220 Å². The monoisotopic (exact) mass is 631 g/mol. The summed E-state index contributed by atoms with van der Waals surface area (Å²) in [6.45, 7) is 4.14. The van der Waals surface area contributed by atoms with Gasteiger partial charge in [0.15, 0.2) is 0 Å². The van der Waals surface area contributed by atoms with Crippen molar-refractivity contribution in [2.24, 2.45) is 0 Å². The summed E-state index contributed by atoms with van der Waals surface area (Å²) in [6.07, 6.45) is 3.69. The van der Waals surface area contributed by atoms with Crippen LogP contribution in [-0.4, -0.2) is 16.7 Å². The number of ether oxygens (including phenoxy) is 1. The number of aromatic nitrogens is 2. The Morgan fingerprint density at radius 1 is 0.743 bits per heavy atom. The predicted molar refractivity (Wildman–Crippen MR) is 138 cm³/mol. The van der Waals surface area contributed by atoms with E-state index >= 15 is 0 Å². The predicted octanol–water partition coefficient (Wildman–Crippen LogP) is 4.65. The summed E-state index contributed by atoms with van der Waals surface area (Å²) in [5, 5.41) is 0. The van der Waals surface area contributed by atoms with Gasteiger partial charge in [-0.1, -0.05) is 41.4 Å². The van der Waals surface area contributed by atoms with Gasteiger partial charge < -0.3 is 4.74 Å². The molecule has 3 heterocycles. The van der Waals surface area contributed by atoms with Gasteiger partial charge in [0, 0.05) is 29.8 Å². The third-order valence-corrected chi connectivity index (χ3v) is 6.22. The Kier molecular flexibility index (Phi) is 6.41. The van der Waals surface area contributed by atoms with E-state index in [4.69, 9.17) is 9.72 Å². The van der Waals surface area contributed by atoms with Crippen molar-refractivity contribution in [3.8, 4) is 33.9 Å². The van der Waals surface area contributed by atoms with E-state index in [1.807, 2.05) is 43.5 Å². The Morgan fingerprint density at radius 3 is 2.43 bits per heavy atom. The Bertz CT molecular complexity index is 1520. The molecule has 0 N–H and O–H groups in total. The fourth-order valence-corrected chi connectivity index (χ4v) is 4.58. The average Bonchev–Trinajstić information content (AvgIpc) is 3.18. The normalized spacial score (nSPS) is 11.4. The molecular formula is C30H21BN2OPt. The van der Waals surface area contributed by atoms with Crippen molar-refractivity contribution in [1.29, 1.82) is 0 Å². The van der Waals surface area contributed by atoms with Crippen molar-refractivity contribution in [3.63, 3.8) is 0 Å². The van der Waals surface area contributed by atoms with Crippen LogP contribution in [0, 0.1) is 26.0 Å². The maximum Gasteiger partial charge on any atom is 2.00 e. The molecule has 1 aliphatic heterocycles. The van der Waals surface area contributed by atoms with E-state index in [1.165, 1.54) is 16.6 Å². The van der Waals surface area contributed by atoms with E-state index in [1.54, 1.807) is 6.20 Å². The first-order chi connectivity index (χ1) is 16.7. The van der Waals surface area contributed by atoms with Crippen LogP contribution in [0.25, 0.3) is 22.3 Å². The van der Waals surface area contributed by atoms with Crippen LogP contribution in [0.15, 0.2) is 91.3 Å². The van der Waals surface area contributed by atoms with Crippen molar-refractivity contribution in [2.45, 2.75) is 13.8 Å². The van der Waals surface area contributed by atoms with Crippen LogP contribution in [0.1, 0.15) is 11.1 Å². The molecule has 5 heteroatoms. The maximum absolute atomic E-state index is 5.98. The largest absolute Gasteiger partial charge is 2.00 e. The van der Waals surface area contributed by atoms with E-state index in [-0.39, 0.29) is 27.8 Å². The summed E-state index contributed by atoms with van der Waals surface area (Å²) in [7, 11) is 0. The van der Waals surface area contributed by atoms with Crippen molar-refractivity contribution in [1.82, 2.24) is 9.97 Å². The maximum atomic E-state index is 5.98. The SMILES string of the molecule is Cc1ccc(B2c3[c-]c(-c4[c-]c(Oc5cc(C)ccn5)ccc4)ccc3-c3ccccc32)nc1.[Pt+2]. The minimum absolute atomic E-state index is 0. The molecule has 2 aromatic heterocycles. The van der Waals surface area contributed by atoms with Gasteiger partial charge in [-0.3, -0.25) is 4.98 Å². The second kappa shape index (κ2) is 9.64. The van der Waals surface area contributed by atoms with Gasteiger partial charge in [0.05, 0.1) is 0 Å². The van der Waals surface area contributed by atoms with Crippen LogP contribution in [0.2, 0.25) is 0 Å². The zero-order chi connectivity index (χ0) is 23.1. The van der Waals surface area contributed by atoms with Crippen molar-refractivity contribution >= 4 is 23.2 Å². The molecule has 35 heavy (non-hydrogen) atoms. The zero-order valence-electron chi connectivity index (χ0n) is 19.4. The topological polar surface area (TPSA) is 35.0 Å². The van der Waals surface area contributed by atoms with E-state index in [0.717, 1.165) is 33.3 Å². The summed E-state index contributed by atoms with van der Waals surface area (Å²) in [6, 6.07) is 34.0. The molecule has 0 amide bonds. The second-order valence-electron chi connectivity index (χ2n) is 8.68. The molecule has 3 nitrogen and oxygen atoms in total. The molecular weight excluding hydrogens is 610 g/mol. The third kappa shape index (κ3) is 4.47. The number of rotatable bonds is 4. The van der Waals surface area contributed by atoms with E-state index in [9.17, 15) is 0 Å². The molecule has 0 aliphatic carbocycles. The molecule has 0 radical (unpaired) electrons. The van der Waals surface area contributed by atoms with E-state index in [2.05, 4.69) is 72.6 Å². The quantitative estimate of drug-likeness (QED) is 0.210. The fraction of sp³-hybridized carbons (Fsp3) is 0.0667. The molecule has 0 spiro atoms. The van der Waals surface area contributed by atoms with Crippen molar-refractivity contribution < 1.29 is 25.8 Å². The number of pyridine rings is 2. The summed E-state index contributed by atoms with van der Waals surface area (Å²) in [5.74, 6) is 1.19. The molecule has 3 aromatic carbocycles. The molecule has 0 saturated heterocycles. The fourth-order valence-electron chi connectivity index (χ4n) is 4.58. The Balaban J connectivity index is 0.00000253. The molecule has 0 atom stereocenters. The minimum atomic E-state index is 0. The summed E-state index contributed by atoms with van der Waals surface area (Å²) < 4.78 is 5.98. The Morgan fingerprint density at radius 2 is 1.60 bits per heavy atom. The summed E-state index contributed by atoms with van der Waals surface area (Å²) in [4.78, 5) is 9.07. The first-order valence-electron chi connectivity index (χ1n) is 11.4. The number of benzene rings is 3. The van der Waals surface area contributed by atoms with Gasteiger partial charge in [-0.25, -0.2) is 16.1 Å². The van der Waals surface area contributed by atoms with Gasteiger partial charge in [0.2, 0.25) is 12.6 Å². The van der Waals surface area contributed by atoms with Crippen molar-refractivity contribution in [2.75, 3.05) is 0 Å². The third-order valence-electron chi connectivity index (χ3n) is 6.22.